The van der Waals surface area contributed by atoms with Crippen molar-refractivity contribution in [2.24, 2.45) is 0 Å². The van der Waals surface area contributed by atoms with Crippen LogP contribution in [0.5, 0.6) is 0 Å². The summed E-state index contributed by atoms with van der Waals surface area (Å²) in [6.07, 6.45) is 0. The molecule has 0 spiro atoms. The van der Waals surface area contributed by atoms with Crippen LogP contribution in [0.15, 0.2) is 24.3 Å². The van der Waals surface area contributed by atoms with Crippen molar-refractivity contribution >= 4 is 15.7 Å². The van der Waals surface area contributed by atoms with Crippen LogP contribution in [0.1, 0.15) is 32.3 Å². The van der Waals surface area contributed by atoms with E-state index in [2.05, 4.69) is 4.72 Å². The van der Waals surface area contributed by atoms with Crippen LogP contribution in [0.3, 0.4) is 0 Å². The van der Waals surface area contributed by atoms with Gasteiger partial charge in [0.25, 0.3) is 0 Å². The van der Waals surface area contributed by atoms with Crippen LogP contribution in [-0.2, 0) is 10.0 Å². The molecule has 0 amide bonds. The van der Waals surface area contributed by atoms with Crippen LogP contribution >= 0.6 is 0 Å². The zero-order valence-electron chi connectivity index (χ0n) is 10.3. The van der Waals surface area contributed by atoms with Crippen molar-refractivity contribution in [1.29, 1.82) is 0 Å². The summed E-state index contributed by atoms with van der Waals surface area (Å²) >= 11 is 0. The first-order valence-corrected chi connectivity index (χ1v) is 7.14. The summed E-state index contributed by atoms with van der Waals surface area (Å²) in [6.45, 7) is 5.17. The molecule has 0 aromatic heterocycles. The average molecular weight is 257 g/mol. The van der Waals surface area contributed by atoms with Gasteiger partial charge in [-0.2, -0.15) is 0 Å². The Bertz CT molecular complexity index is 468. The van der Waals surface area contributed by atoms with Gasteiger partial charge < -0.3 is 5.11 Å². The Balaban J connectivity index is 2.92. The number of sulfonamides is 1. The van der Waals surface area contributed by atoms with Gasteiger partial charge in [-0.15, -0.1) is 0 Å². The molecule has 0 radical (unpaired) electrons. The number of aliphatic hydroxyl groups excluding tert-OH is 1. The molecular weight excluding hydrogens is 238 g/mol. The Kier molecular flexibility index (Phi) is 4.54. The minimum absolute atomic E-state index is 0.342. The largest absolute Gasteiger partial charge is 0.395 e. The van der Waals surface area contributed by atoms with Crippen LogP contribution in [-0.4, -0.2) is 25.4 Å². The van der Waals surface area contributed by atoms with Gasteiger partial charge in [0, 0.05) is 5.69 Å². The number of hydrogen-bond donors (Lipinski definition) is 2. The molecule has 17 heavy (non-hydrogen) atoms. The standard InChI is InChI=1S/C12H19NO3S/c1-9(2)11-5-4-6-12(7-11)13-17(15,16)10(3)8-14/h4-7,9-10,13-14H,8H2,1-3H3. The van der Waals surface area contributed by atoms with E-state index in [0.717, 1.165) is 5.56 Å². The Morgan fingerprint density at radius 3 is 2.47 bits per heavy atom. The van der Waals surface area contributed by atoms with E-state index in [9.17, 15) is 8.42 Å². The molecule has 1 rings (SSSR count). The number of benzene rings is 1. The highest BCUT2D eigenvalue weighted by molar-refractivity contribution is 7.93. The summed E-state index contributed by atoms with van der Waals surface area (Å²) in [5, 5.41) is 8.06. The van der Waals surface area contributed by atoms with Gasteiger partial charge in [-0.05, 0) is 30.5 Å². The number of nitrogens with one attached hydrogen (secondary N) is 1. The number of rotatable bonds is 5. The van der Waals surface area contributed by atoms with Crippen LogP contribution in [0.4, 0.5) is 5.69 Å². The fourth-order valence-electron chi connectivity index (χ4n) is 1.32. The van der Waals surface area contributed by atoms with E-state index >= 15 is 0 Å². The van der Waals surface area contributed by atoms with E-state index in [-0.39, 0.29) is 6.61 Å². The van der Waals surface area contributed by atoms with Crippen molar-refractivity contribution in [1.82, 2.24) is 0 Å². The third kappa shape index (κ3) is 3.71. The molecule has 4 nitrogen and oxygen atoms in total. The van der Waals surface area contributed by atoms with Crippen LogP contribution in [0, 0.1) is 0 Å². The van der Waals surface area contributed by atoms with Crippen LogP contribution in [0.25, 0.3) is 0 Å². The van der Waals surface area contributed by atoms with E-state index in [4.69, 9.17) is 5.11 Å². The predicted octanol–water partition coefficient (Wildman–Crippen LogP) is 1.93. The molecule has 0 bridgehead atoms. The summed E-state index contributed by atoms with van der Waals surface area (Å²) in [5.41, 5.74) is 1.61. The van der Waals surface area contributed by atoms with Crippen molar-refractivity contribution < 1.29 is 13.5 Å². The number of aliphatic hydroxyl groups is 1. The summed E-state index contributed by atoms with van der Waals surface area (Å²) in [7, 11) is -3.51. The smallest absolute Gasteiger partial charge is 0.237 e. The Morgan fingerprint density at radius 1 is 1.29 bits per heavy atom. The van der Waals surface area contributed by atoms with Gasteiger partial charge in [0.1, 0.15) is 5.25 Å². The molecule has 0 aliphatic carbocycles. The lowest BCUT2D eigenvalue weighted by atomic mass is 10.0. The first-order chi connectivity index (χ1) is 7.86. The maximum absolute atomic E-state index is 11.7. The first kappa shape index (κ1) is 14.0. The Hall–Kier alpha value is -1.07. The van der Waals surface area contributed by atoms with E-state index in [1.165, 1.54) is 6.92 Å². The molecule has 1 unspecified atom stereocenters. The van der Waals surface area contributed by atoms with Gasteiger partial charge in [-0.3, -0.25) is 4.72 Å². The van der Waals surface area contributed by atoms with Gasteiger partial charge in [-0.25, -0.2) is 8.42 Å². The molecule has 0 aliphatic rings. The molecule has 1 aromatic rings. The topological polar surface area (TPSA) is 66.4 Å². The molecule has 1 aromatic carbocycles. The molecule has 1 atom stereocenters. The third-order valence-corrected chi connectivity index (χ3v) is 4.33. The second kappa shape index (κ2) is 5.51. The zero-order valence-corrected chi connectivity index (χ0v) is 11.2. The van der Waals surface area contributed by atoms with Crippen LogP contribution in [0.2, 0.25) is 0 Å². The first-order valence-electron chi connectivity index (χ1n) is 5.59. The van der Waals surface area contributed by atoms with Gasteiger partial charge in [0.2, 0.25) is 10.0 Å². The van der Waals surface area contributed by atoms with Gasteiger partial charge in [-0.1, -0.05) is 26.0 Å². The normalized spacial score (nSPS) is 13.7. The maximum Gasteiger partial charge on any atom is 0.237 e. The van der Waals surface area contributed by atoms with Crippen molar-refractivity contribution in [3.8, 4) is 0 Å². The Labute approximate surface area is 103 Å². The fourth-order valence-corrected chi connectivity index (χ4v) is 2.18. The van der Waals surface area contributed by atoms with E-state index in [1.807, 2.05) is 32.0 Å². The minimum atomic E-state index is -3.51. The minimum Gasteiger partial charge on any atom is -0.395 e. The van der Waals surface area contributed by atoms with Crippen molar-refractivity contribution in [2.45, 2.75) is 31.9 Å². The Morgan fingerprint density at radius 2 is 1.94 bits per heavy atom. The maximum atomic E-state index is 11.7. The fraction of sp³-hybridized carbons (Fsp3) is 0.500. The summed E-state index contributed by atoms with van der Waals surface area (Å²) in [6, 6.07) is 7.29. The second-order valence-corrected chi connectivity index (χ2v) is 6.52. The molecule has 0 saturated heterocycles. The van der Waals surface area contributed by atoms with Crippen LogP contribution < -0.4 is 4.72 Å². The lowest BCUT2D eigenvalue weighted by molar-refractivity contribution is 0.296. The molecule has 0 saturated carbocycles. The zero-order chi connectivity index (χ0) is 13.1. The van der Waals surface area contributed by atoms with Gasteiger partial charge in [0.15, 0.2) is 0 Å². The molecular formula is C12H19NO3S. The highest BCUT2D eigenvalue weighted by Crippen LogP contribution is 2.20. The quantitative estimate of drug-likeness (QED) is 0.847. The van der Waals surface area contributed by atoms with E-state index in [0.29, 0.717) is 11.6 Å². The molecule has 0 heterocycles. The number of anilines is 1. The lowest BCUT2D eigenvalue weighted by Crippen LogP contribution is -2.28. The summed E-state index contributed by atoms with van der Waals surface area (Å²) in [5.74, 6) is 0.342. The molecule has 0 aliphatic heterocycles. The monoisotopic (exact) mass is 257 g/mol. The van der Waals surface area contributed by atoms with Crippen molar-refractivity contribution in [3.63, 3.8) is 0 Å². The second-order valence-electron chi connectivity index (χ2n) is 4.42. The van der Waals surface area contributed by atoms with Crippen molar-refractivity contribution in [2.75, 3.05) is 11.3 Å². The highest BCUT2D eigenvalue weighted by atomic mass is 32.2. The third-order valence-electron chi connectivity index (χ3n) is 2.60. The highest BCUT2D eigenvalue weighted by Gasteiger charge is 2.19. The van der Waals surface area contributed by atoms with Gasteiger partial charge in [0.05, 0.1) is 6.61 Å². The van der Waals surface area contributed by atoms with Crippen molar-refractivity contribution in [3.05, 3.63) is 29.8 Å². The number of hydrogen-bond acceptors (Lipinski definition) is 3. The van der Waals surface area contributed by atoms with E-state index < -0.39 is 15.3 Å². The molecule has 5 heteroatoms. The SMILES string of the molecule is CC(C)c1cccc(NS(=O)(=O)C(C)CO)c1. The summed E-state index contributed by atoms with van der Waals surface area (Å²) in [4.78, 5) is 0. The predicted molar refractivity (Wildman–Crippen MR) is 69.6 cm³/mol. The molecule has 96 valence electrons. The molecule has 2 N–H and O–H groups in total. The van der Waals surface area contributed by atoms with E-state index in [1.54, 1.807) is 6.07 Å². The summed E-state index contributed by atoms with van der Waals surface area (Å²) < 4.78 is 26.0. The average Bonchev–Trinajstić information content (AvgIpc) is 2.27. The molecule has 0 fully saturated rings. The lowest BCUT2D eigenvalue weighted by Gasteiger charge is -2.14. The van der Waals surface area contributed by atoms with Gasteiger partial charge >= 0.3 is 0 Å².